The van der Waals surface area contributed by atoms with E-state index in [0.717, 1.165) is 12.8 Å². The standard InChI is InChI=1S/C22H28O2Si/c1-22(2,3)25(18-12-6-4-7-13-18,19-14-8-5-9-15-19)24-21-17-11-10-16-20(21)23/h4-10,12-16,20-21,23H,11,17H2,1-3H3/t20-,21-/m1/s1. The SMILES string of the molecule is CC(C)(C)[Si](O[C@@H]1CCC=C[C@H]1O)(c1ccccc1)c1ccccc1. The molecule has 0 bridgehead atoms. The van der Waals surface area contributed by atoms with E-state index in [4.69, 9.17) is 4.43 Å². The molecule has 0 saturated carbocycles. The molecule has 0 saturated heterocycles. The van der Waals surface area contributed by atoms with Crippen LogP contribution >= 0.6 is 0 Å². The third-order valence-electron chi connectivity index (χ3n) is 5.08. The number of hydrogen-bond donors (Lipinski definition) is 1. The average molecular weight is 353 g/mol. The predicted octanol–water partition coefficient (Wildman–Crippen LogP) is 3.64. The second-order valence-corrected chi connectivity index (χ2v) is 12.1. The Balaban J connectivity index is 2.17. The summed E-state index contributed by atoms with van der Waals surface area (Å²) in [5.74, 6) is 0. The van der Waals surface area contributed by atoms with Gasteiger partial charge in [0.05, 0.1) is 12.2 Å². The van der Waals surface area contributed by atoms with Crippen LogP contribution in [0.2, 0.25) is 5.04 Å². The second-order valence-electron chi connectivity index (χ2n) is 7.82. The van der Waals surface area contributed by atoms with E-state index >= 15 is 0 Å². The lowest BCUT2D eigenvalue weighted by atomic mass is 10.0. The number of aliphatic hydroxyl groups excluding tert-OH is 1. The second kappa shape index (κ2) is 7.28. The van der Waals surface area contributed by atoms with Crippen molar-refractivity contribution < 1.29 is 9.53 Å². The average Bonchev–Trinajstić information content (AvgIpc) is 2.61. The Bertz CT molecular complexity index is 664. The molecule has 2 aromatic rings. The summed E-state index contributed by atoms with van der Waals surface area (Å²) in [7, 11) is -2.57. The predicted molar refractivity (Wildman–Crippen MR) is 107 cm³/mol. The van der Waals surface area contributed by atoms with E-state index in [1.54, 1.807) is 0 Å². The summed E-state index contributed by atoms with van der Waals surface area (Å²) in [4.78, 5) is 0. The molecule has 132 valence electrons. The summed E-state index contributed by atoms with van der Waals surface area (Å²) in [6, 6.07) is 21.2. The van der Waals surface area contributed by atoms with Gasteiger partial charge in [-0.15, -0.1) is 0 Å². The Hall–Kier alpha value is -1.68. The van der Waals surface area contributed by atoms with Gasteiger partial charge in [-0.05, 0) is 28.3 Å². The molecule has 0 aromatic heterocycles. The smallest absolute Gasteiger partial charge is 0.261 e. The highest BCUT2D eigenvalue weighted by molar-refractivity contribution is 6.99. The van der Waals surface area contributed by atoms with Crippen LogP contribution in [0.15, 0.2) is 72.8 Å². The number of benzene rings is 2. The minimum absolute atomic E-state index is 0.0589. The maximum Gasteiger partial charge on any atom is 0.261 e. The van der Waals surface area contributed by atoms with Crippen molar-refractivity contribution in [2.75, 3.05) is 0 Å². The van der Waals surface area contributed by atoms with E-state index in [1.807, 2.05) is 6.08 Å². The summed E-state index contributed by atoms with van der Waals surface area (Å²) in [5.41, 5.74) is 0. The van der Waals surface area contributed by atoms with Gasteiger partial charge in [-0.1, -0.05) is 93.6 Å². The largest absolute Gasteiger partial charge is 0.401 e. The number of allylic oxidation sites excluding steroid dienone is 1. The fourth-order valence-electron chi connectivity index (χ4n) is 3.84. The fourth-order valence-corrected chi connectivity index (χ4v) is 8.56. The first-order chi connectivity index (χ1) is 11.9. The number of aliphatic hydroxyl groups is 1. The van der Waals surface area contributed by atoms with Crippen LogP contribution in [0.3, 0.4) is 0 Å². The summed E-state index contributed by atoms with van der Waals surface area (Å²) >= 11 is 0. The van der Waals surface area contributed by atoms with Crippen molar-refractivity contribution in [3.63, 3.8) is 0 Å². The van der Waals surface area contributed by atoms with Crippen LogP contribution in [-0.4, -0.2) is 25.6 Å². The molecule has 25 heavy (non-hydrogen) atoms. The molecule has 0 fully saturated rings. The van der Waals surface area contributed by atoms with Gasteiger partial charge in [0.2, 0.25) is 0 Å². The van der Waals surface area contributed by atoms with Gasteiger partial charge in [0.15, 0.2) is 0 Å². The molecule has 2 aromatic carbocycles. The van der Waals surface area contributed by atoms with Crippen LogP contribution in [0, 0.1) is 0 Å². The Morgan fingerprint density at radius 1 is 0.920 bits per heavy atom. The summed E-state index contributed by atoms with van der Waals surface area (Å²) in [5, 5.41) is 13.0. The molecule has 2 nitrogen and oxygen atoms in total. The molecule has 3 rings (SSSR count). The summed E-state index contributed by atoms with van der Waals surface area (Å²) in [6.07, 6.45) is 5.07. The summed E-state index contributed by atoms with van der Waals surface area (Å²) in [6.45, 7) is 6.80. The lowest BCUT2D eigenvalue weighted by Crippen LogP contribution is -2.68. The minimum atomic E-state index is -2.57. The van der Waals surface area contributed by atoms with Crippen LogP contribution < -0.4 is 10.4 Å². The maximum atomic E-state index is 10.5. The zero-order chi connectivity index (χ0) is 17.9. The van der Waals surface area contributed by atoms with Crippen molar-refractivity contribution >= 4 is 18.7 Å². The van der Waals surface area contributed by atoms with Gasteiger partial charge in [0, 0.05) is 0 Å². The van der Waals surface area contributed by atoms with E-state index < -0.39 is 14.4 Å². The van der Waals surface area contributed by atoms with Crippen molar-refractivity contribution in [2.24, 2.45) is 0 Å². The van der Waals surface area contributed by atoms with Crippen LogP contribution in [-0.2, 0) is 4.43 Å². The monoisotopic (exact) mass is 352 g/mol. The lowest BCUT2D eigenvalue weighted by Gasteiger charge is -2.46. The van der Waals surface area contributed by atoms with Crippen molar-refractivity contribution in [1.29, 1.82) is 0 Å². The fraction of sp³-hybridized carbons (Fsp3) is 0.364. The molecule has 0 spiro atoms. The van der Waals surface area contributed by atoms with E-state index in [1.165, 1.54) is 10.4 Å². The van der Waals surface area contributed by atoms with Gasteiger partial charge in [-0.3, -0.25) is 0 Å². The van der Waals surface area contributed by atoms with Crippen molar-refractivity contribution in [3.8, 4) is 0 Å². The van der Waals surface area contributed by atoms with Gasteiger partial charge in [0.1, 0.15) is 0 Å². The molecule has 3 heteroatoms. The van der Waals surface area contributed by atoms with E-state index in [-0.39, 0.29) is 11.1 Å². The third kappa shape index (κ3) is 3.50. The molecular weight excluding hydrogens is 324 g/mol. The van der Waals surface area contributed by atoms with Gasteiger partial charge in [-0.2, -0.15) is 0 Å². The molecular formula is C22H28O2Si. The van der Waals surface area contributed by atoms with Gasteiger partial charge in [0.25, 0.3) is 8.32 Å². The first-order valence-corrected chi connectivity index (χ1v) is 11.0. The quantitative estimate of drug-likeness (QED) is 0.672. The highest BCUT2D eigenvalue weighted by Gasteiger charge is 2.52. The zero-order valence-electron chi connectivity index (χ0n) is 15.4. The molecule has 1 aliphatic carbocycles. The summed E-state index contributed by atoms with van der Waals surface area (Å²) < 4.78 is 6.97. The molecule has 0 aliphatic heterocycles. The molecule has 2 atom stereocenters. The normalized spacial score (nSPS) is 21.3. The molecule has 1 aliphatic rings. The maximum absolute atomic E-state index is 10.5. The van der Waals surface area contributed by atoms with E-state index in [0.29, 0.717) is 0 Å². The lowest BCUT2D eigenvalue weighted by molar-refractivity contribution is 0.0498. The first kappa shape index (κ1) is 18.1. The highest BCUT2D eigenvalue weighted by Crippen LogP contribution is 2.38. The van der Waals surface area contributed by atoms with Crippen LogP contribution in [0.4, 0.5) is 0 Å². The minimum Gasteiger partial charge on any atom is -0.401 e. The molecule has 0 heterocycles. The molecule has 0 amide bonds. The van der Waals surface area contributed by atoms with E-state index in [2.05, 4.69) is 87.5 Å². The van der Waals surface area contributed by atoms with Gasteiger partial charge < -0.3 is 9.53 Å². The van der Waals surface area contributed by atoms with Crippen LogP contribution in [0.25, 0.3) is 0 Å². The Morgan fingerprint density at radius 2 is 1.44 bits per heavy atom. The molecule has 1 N–H and O–H groups in total. The van der Waals surface area contributed by atoms with E-state index in [9.17, 15) is 5.11 Å². The molecule has 0 radical (unpaired) electrons. The number of rotatable bonds is 4. The van der Waals surface area contributed by atoms with Crippen molar-refractivity contribution in [2.45, 2.75) is 50.9 Å². The third-order valence-corrected chi connectivity index (χ3v) is 10.1. The van der Waals surface area contributed by atoms with Gasteiger partial charge in [-0.25, -0.2) is 0 Å². The highest BCUT2D eigenvalue weighted by atomic mass is 28.4. The number of hydrogen-bond acceptors (Lipinski definition) is 2. The first-order valence-electron chi connectivity index (χ1n) is 9.09. The topological polar surface area (TPSA) is 29.5 Å². The van der Waals surface area contributed by atoms with Crippen molar-refractivity contribution in [3.05, 3.63) is 72.8 Å². The Kier molecular flexibility index (Phi) is 5.28. The van der Waals surface area contributed by atoms with Gasteiger partial charge >= 0.3 is 0 Å². The molecule has 0 unspecified atom stereocenters. The van der Waals surface area contributed by atoms with Crippen LogP contribution in [0.5, 0.6) is 0 Å². The Morgan fingerprint density at radius 3 is 1.88 bits per heavy atom. The van der Waals surface area contributed by atoms with Crippen LogP contribution in [0.1, 0.15) is 33.6 Å². The zero-order valence-corrected chi connectivity index (χ0v) is 16.4. The van der Waals surface area contributed by atoms with Crippen molar-refractivity contribution in [1.82, 2.24) is 0 Å². The Labute approximate surface area is 152 Å².